The van der Waals surface area contributed by atoms with Gasteiger partial charge in [-0.2, -0.15) is 5.10 Å². The molecule has 1 aliphatic carbocycles. The molecule has 9 heteroatoms. The number of aromatic nitrogens is 3. The number of rotatable bonds is 10. The normalized spacial score (nSPS) is 16.7. The van der Waals surface area contributed by atoms with Crippen molar-refractivity contribution in [1.29, 1.82) is 0 Å². The van der Waals surface area contributed by atoms with Crippen LogP contribution in [0.4, 0.5) is 0 Å². The third-order valence-electron chi connectivity index (χ3n) is 7.71. The van der Waals surface area contributed by atoms with Crippen LogP contribution in [0.25, 0.3) is 0 Å². The SMILES string of the molecule is CC[C@]1(C(=NCc2nn(Cc3cccc(I)c3)c(=O)n2CCC(N)=O)c2ccc(Cl)cc2)CCc2ccccc21. The second kappa shape index (κ2) is 12.1. The van der Waals surface area contributed by atoms with Crippen LogP contribution in [0.15, 0.2) is 82.6 Å². The van der Waals surface area contributed by atoms with Crippen LogP contribution in [0, 0.1) is 3.57 Å². The molecule has 40 heavy (non-hydrogen) atoms. The first-order valence-corrected chi connectivity index (χ1v) is 14.8. The van der Waals surface area contributed by atoms with Crippen molar-refractivity contribution in [2.75, 3.05) is 0 Å². The van der Waals surface area contributed by atoms with Crippen LogP contribution in [-0.2, 0) is 36.3 Å². The molecule has 0 fully saturated rings. The maximum Gasteiger partial charge on any atom is 0.346 e. The summed E-state index contributed by atoms with van der Waals surface area (Å²) in [5.41, 5.74) is 10.4. The van der Waals surface area contributed by atoms with Gasteiger partial charge in [0.2, 0.25) is 5.91 Å². The van der Waals surface area contributed by atoms with E-state index in [0.717, 1.165) is 39.7 Å². The Kier molecular flexibility index (Phi) is 8.56. The maximum absolute atomic E-state index is 13.4. The molecule has 2 N–H and O–H groups in total. The predicted octanol–water partition coefficient (Wildman–Crippen LogP) is 5.51. The molecule has 206 valence electrons. The van der Waals surface area contributed by atoms with Crippen LogP contribution in [0.2, 0.25) is 5.02 Å². The summed E-state index contributed by atoms with van der Waals surface area (Å²) in [6.45, 7) is 2.87. The fourth-order valence-corrected chi connectivity index (χ4v) is 6.44. The average Bonchev–Trinajstić information content (AvgIpc) is 3.46. The van der Waals surface area contributed by atoms with Gasteiger partial charge in [-0.15, -0.1) is 0 Å². The smallest absolute Gasteiger partial charge is 0.346 e. The van der Waals surface area contributed by atoms with Crippen molar-refractivity contribution in [2.45, 2.75) is 57.7 Å². The topological polar surface area (TPSA) is 95.3 Å². The van der Waals surface area contributed by atoms with Crippen LogP contribution >= 0.6 is 34.2 Å². The molecule has 0 bridgehead atoms. The zero-order valence-corrected chi connectivity index (χ0v) is 25.2. The third-order valence-corrected chi connectivity index (χ3v) is 8.63. The van der Waals surface area contributed by atoms with E-state index in [9.17, 15) is 9.59 Å². The van der Waals surface area contributed by atoms with E-state index in [1.807, 2.05) is 48.5 Å². The highest BCUT2D eigenvalue weighted by Gasteiger charge is 2.42. The van der Waals surface area contributed by atoms with Crippen molar-refractivity contribution in [3.8, 4) is 0 Å². The zero-order valence-electron chi connectivity index (χ0n) is 22.3. The summed E-state index contributed by atoms with van der Waals surface area (Å²) >= 11 is 8.50. The molecular weight excluding hydrogens is 637 g/mol. The Morgan fingerprint density at radius 3 is 2.62 bits per heavy atom. The van der Waals surface area contributed by atoms with Crippen molar-refractivity contribution in [3.63, 3.8) is 0 Å². The van der Waals surface area contributed by atoms with Gasteiger partial charge in [-0.05, 0) is 88.4 Å². The number of hydrogen-bond donors (Lipinski definition) is 1. The number of carbonyl (C=O) groups excluding carboxylic acids is 1. The summed E-state index contributed by atoms with van der Waals surface area (Å²) < 4.78 is 4.05. The summed E-state index contributed by atoms with van der Waals surface area (Å²) in [6.07, 6.45) is 2.84. The van der Waals surface area contributed by atoms with Gasteiger partial charge in [-0.1, -0.05) is 67.1 Å². The van der Waals surface area contributed by atoms with E-state index in [1.54, 1.807) is 0 Å². The third kappa shape index (κ3) is 5.78. The first kappa shape index (κ1) is 28.3. The Balaban J connectivity index is 1.59. The molecule has 0 aliphatic heterocycles. The number of aryl methyl sites for hydroxylation is 1. The summed E-state index contributed by atoms with van der Waals surface area (Å²) in [6, 6.07) is 24.3. The summed E-state index contributed by atoms with van der Waals surface area (Å²) in [4.78, 5) is 30.3. The van der Waals surface area contributed by atoms with Crippen molar-refractivity contribution in [2.24, 2.45) is 10.7 Å². The van der Waals surface area contributed by atoms with Gasteiger partial charge in [0.25, 0.3) is 0 Å². The highest BCUT2D eigenvalue weighted by Crippen LogP contribution is 2.44. The van der Waals surface area contributed by atoms with Gasteiger partial charge in [-0.3, -0.25) is 14.4 Å². The van der Waals surface area contributed by atoms with Crippen molar-refractivity contribution >= 4 is 45.8 Å². The van der Waals surface area contributed by atoms with Crippen LogP contribution in [0.3, 0.4) is 0 Å². The number of carbonyl (C=O) groups is 1. The number of amides is 1. The fourth-order valence-electron chi connectivity index (χ4n) is 5.71. The minimum Gasteiger partial charge on any atom is -0.370 e. The van der Waals surface area contributed by atoms with Crippen LogP contribution in [-0.4, -0.2) is 26.0 Å². The number of aliphatic imine (C=N–C) groups is 1. The van der Waals surface area contributed by atoms with E-state index in [-0.39, 0.29) is 30.6 Å². The fraction of sp³-hybridized carbons (Fsp3) is 0.290. The summed E-state index contributed by atoms with van der Waals surface area (Å²) in [7, 11) is 0. The molecule has 1 aliphatic rings. The summed E-state index contributed by atoms with van der Waals surface area (Å²) in [5, 5.41) is 5.36. The Bertz CT molecular complexity index is 1630. The first-order valence-electron chi connectivity index (χ1n) is 13.4. The molecule has 0 spiro atoms. The largest absolute Gasteiger partial charge is 0.370 e. The molecule has 4 aromatic rings. The molecule has 0 saturated heterocycles. The van der Waals surface area contributed by atoms with Crippen molar-refractivity contribution in [3.05, 3.63) is 120 Å². The van der Waals surface area contributed by atoms with Crippen molar-refractivity contribution < 1.29 is 4.79 Å². The Labute approximate surface area is 252 Å². The molecule has 1 amide bonds. The van der Waals surface area contributed by atoms with Gasteiger partial charge in [0.1, 0.15) is 0 Å². The predicted molar refractivity (Wildman–Crippen MR) is 167 cm³/mol. The lowest BCUT2D eigenvalue weighted by molar-refractivity contribution is -0.118. The number of benzene rings is 3. The van der Waals surface area contributed by atoms with Gasteiger partial charge in [-0.25, -0.2) is 9.48 Å². The monoisotopic (exact) mass is 667 g/mol. The molecule has 7 nitrogen and oxygen atoms in total. The quantitative estimate of drug-likeness (QED) is 0.179. The minimum absolute atomic E-state index is 0.0435. The molecule has 3 aromatic carbocycles. The van der Waals surface area contributed by atoms with Gasteiger partial charge in [0, 0.05) is 27.0 Å². The van der Waals surface area contributed by atoms with E-state index in [0.29, 0.717) is 17.4 Å². The number of halogens is 2. The lowest BCUT2D eigenvalue weighted by Crippen LogP contribution is -2.34. The average molecular weight is 668 g/mol. The zero-order chi connectivity index (χ0) is 28.3. The molecule has 0 saturated carbocycles. The number of hydrogen-bond acceptors (Lipinski definition) is 4. The van der Waals surface area contributed by atoms with E-state index >= 15 is 0 Å². The van der Waals surface area contributed by atoms with Crippen LogP contribution in [0.5, 0.6) is 0 Å². The van der Waals surface area contributed by atoms with E-state index in [4.69, 9.17) is 27.4 Å². The number of fused-ring (bicyclic) bond motifs is 1. The molecule has 5 rings (SSSR count). The molecular formula is C31H31ClIN5O2. The Morgan fingerprint density at radius 2 is 1.90 bits per heavy atom. The molecule has 1 atom stereocenters. The van der Waals surface area contributed by atoms with Gasteiger partial charge >= 0.3 is 5.69 Å². The van der Waals surface area contributed by atoms with E-state index in [2.05, 4.69) is 53.8 Å². The first-order chi connectivity index (χ1) is 19.3. The highest BCUT2D eigenvalue weighted by molar-refractivity contribution is 14.1. The van der Waals surface area contributed by atoms with Gasteiger partial charge in [0.05, 0.1) is 18.8 Å². The van der Waals surface area contributed by atoms with Gasteiger partial charge < -0.3 is 5.73 Å². The lowest BCUT2D eigenvalue weighted by Gasteiger charge is -2.32. The Morgan fingerprint density at radius 1 is 1.12 bits per heavy atom. The van der Waals surface area contributed by atoms with E-state index < -0.39 is 5.91 Å². The summed E-state index contributed by atoms with van der Waals surface area (Å²) in [5.74, 6) is 0.0296. The maximum atomic E-state index is 13.4. The highest BCUT2D eigenvalue weighted by atomic mass is 127. The molecule has 0 unspecified atom stereocenters. The number of primary amides is 1. The number of nitrogens with zero attached hydrogens (tertiary/aromatic N) is 4. The standard InChI is InChI=1S/C31H31ClIN5O2/c1-2-31(16-14-22-7-3-4-9-26(22)31)29(23-10-12-24(32)13-11-23)35-19-28-36-38(20-21-6-5-8-25(33)18-21)30(40)37(28)17-15-27(34)39/h3-13,18H,2,14-17,19-20H2,1H3,(H2,34,39)/t31-/m0/s1. The molecule has 1 aromatic heterocycles. The second-order valence-corrected chi connectivity index (χ2v) is 11.8. The van der Waals surface area contributed by atoms with E-state index in [1.165, 1.54) is 20.4 Å². The lowest BCUT2D eigenvalue weighted by atomic mass is 9.72. The van der Waals surface area contributed by atoms with Crippen molar-refractivity contribution in [1.82, 2.24) is 14.3 Å². The number of nitrogens with two attached hydrogens (primary N) is 1. The Hall–Kier alpha value is -3.24. The van der Waals surface area contributed by atoms with Crippen LogP contribution in [0.1, 0.15) is 54.3 Å². The van der Waals surface area contributed by atoms with Gasteiger partial charge in [0.15, 0.2) is 5.82 Å². The second-order valence-electron chi connectivity index (χ2n) is 10.1. The molecule has 1 heterocycles. The minimum atomic E-state index is -0.471. The molecule has 0 radical (unpaired) electrons. The van der Waals surface area contributed by atoms with Crippen LogP contribution < -0.4 is 11.4 Å².